The number of carbonyl (C=O) groups excluding carboxylic acids is 4. The molecule has 2 fully saturated rings. The fourth-order valence-electron chi connectivity index (χ4n) is 9.05. The molecule has 0 saturated carbocycles. The van der Waals surface area contributed by atoms with E-state index >= 15 is 0 Å². The molecule has 6 heterocycles. The summed E-state index contributed by atoms with van der Waals surface area (Å²) in [4.78, 5) is 69.5. The number of benzene rings is 1. The van der Waals surface area contributed by atoms with E-state index in [1.807, 2.05) is 32.2 Å². The van der Waals surface area contributed by atoms with Gasteiger partial charge in [0.1, 0.15) is 12.1 Å². The first-order valence-corrected chi connectivity index (χ1v) is 24.1. The van der Waals surface area contributed by atoms with Crippen LogP contribution in [0.1, 0.15) is 76.8 Å². The predicted octanol–water partition coefficient (Wildman–Crippen LogP) is 6.62. The van der Waals surface area contributed by atoms with E-state index in [0.717, 1.165) is 49.7 Å². The van der Waals surface area contributed by atoms with Gasteiger partial charge >= 0.3 is 12.0 Å². The van der Waals surface area contributed by atoms with Crippen molar-refractivity contribution < 1.29 is 33.4 Å². The first-order chi connectivity index (χ1) is 30.1. The van der Waals surface area contributed by atoms with Gasteiger partial charge in [0.15, 0.2) is 0 Å². The van der Waals surface area contributed by atoms with Crippen LogP contribution in [0.4, 0.5) is 4.79 Å². The molecule has 0 unspecified atom stereocenters. The number of likely N-dealkylation sites (N-methyl/N-ethyl adjacent to an activating group) is 1. The minimum atomic E-state index is -0.786. The van der Waals surface area contributed by atoms with Crippen molar-refractivity contribution in [1.82, 2.24) is 40.1 Å². The molecule has 5 atom stereocenters. The highest BCUT2D eigenvalue weighted by atomic mass is 127. The van der Waals surface area contributed by atoms with Crippen molar-refractivity contribution >= 4 is 68.6 Å². The Kier molecular flexibility index (Phi) is 14.8. The highest BCUT2D eigenvalue weighted by Crippen LogP contribution is 2.42. The Morgan fingerprint density at radius 1 is 1.14 bits per heavy atom. The summed E-state index contributed by atoms with van der Waals surface area (Å²) < 4.78 is 19.0. The minimum Gasteiger partial charge on any atom is -0.464 e. The zero-order valence-electron chi connectivity index (χ0n) is 37.6. The molecule has 1 aromatic carbocycles. The van der Waals surface area contributed by atoms with E-state index in [1.165, 1.54) is 21.2 Å². The highest BCUT2D eigenvalue weighted by molar-refractivity contribution is 14.1. The quantitative estimate of drug-likeness (QED) is 0.0808. The van der Waals surface area contributed by atoms with E-state index in [2.05, 4.69) is 82.9 Å². The maximum Gasteiger partial charge on any atom is 0.324 e. The summed E-state index contributed by atoms with van der Waals surface area (Å²) in [6, 6.07) is 8.75. The number of nitrogens with one attached hydrogen (secondary N) is 2. The third-order valence-electron chi connectivity index (χ3n) is 12.4. The Bertz CT molecular complexity index is 2310. The number of cyclic esters (lactones) is 1. The van der Waals surface area contributed by atoms with Crippen LogP contribution in [0.5, 0.6) is 0 Å². The van der Waals surface area contributed by atoms with Gasteiger partial charge < -0.3 is 33.9 Å². The van der Waals surface area contributed by atoms with Gasteiger partial charge in [0.25, 0.3) is 0 Å². The maximum absolute atomic E-state index is 14.7. The Morgan fingerprint density at radius 3 is 2.62 bits per heavy atom. The average Bonchev–Trinajstić information content (AvgIpc) is 3.88. The highest BCUT2D eigenvalue weighted by Gasteiger charge is 2.40. The number of hydrogen-bond acceptors (Lipinski definition) is 11. The number of pyridine rings is 1. The molecule has 7 rings (SSSR count). The lowest BCUT2D eigenvalue weighted by atomic mass is 9.84. The van der Waals surface area contributed by atoms with Crippen LogP contribution < -0.4 is 10.7 Å². The van der Waals surface area contributed by atoms with Crippen LogP contribution in [-0.4, -0.2) is 123 Å². The van der Waals surface area contributed by atoms with Crippen molar-refractivity contribution in [2.24, 2.45) is 17.3 Å². The number of ether oxygens (including phenoxy) is 3. The summed E-state index contributed by atoms with van der Waals surface area (Å²) in [5.74, 6) is -2.01. The summed E-state index contributed by atoms with van der Waals surface area (Å²) in [7, 11) is 3.34. The number of aromatic nitrogens is 3. The van der Waals surface area contributed by atoms with Gasteiger partial charge in [0, 0.05) is 85.8 Å². The number of rotatable bonds is 9. The molecular formula is C46H61IN8O7S. The Balaban J connectivity index is 1.27. The van der Waals surface area contributed by atoms with Crippen molar-refractivity contribution in [2.75, 3.05) is 53.6 Å². The van der Waals surface area contributed by atoms with E-state index in [4.69, 9.17) is 24.2 Å². The predicted molar refractivity (Wildman–Crippen MR) is 251 cm³/mol. The number of hydrazine groups is 1. The normalized spacial score (nSPS) is 21.1. The lowest BCUT2D eigenvalue weighted by Crippen LogP contribution is -2.60. The van der Waals surface area contributed by atoms with E-state index in [-0.39, 0.29) is 42.9 Å². The number of hydrogen-bond donors (Lipinski definition) is 2. The average molecular weight is 997 g/mol. The molecule has 2 N–H and O–H groups in total. The van der Waals surface area contributed by atoms with Crippen molar-refractivity contribution in [2.45, 2.75) is 96.0 Å². The van der Waals surface area contributed by atoms with Gasteiger partial charge in [0.05, 0.1) is 58.0 Å². The summed E-state index contributed by atoms with van der Waals surface area (Å²) >= 11 is 3.60. The number of esters is 1. The minimum absolute atomic E-state index is 0.156. The molecule has 0 aliphatic carbocycles. The number of amides is 4. The van der Waals surface area contributed by atoms with Crippen molar-refractivity contribution in [1.29, 1.82) is 0 Å². The molecule has 3 aliphatic rings. The Hall–Kier alpha value is -4.17. The van der Waals surface area contributed by atoms with Crippen molar-refractivity contribution in [3.05, 3.63) is 58.2 Å². The van der Waals surface area contributed by atoms with Crippen LogP contribution in [0.3, 0.4) is 0 Å². The molecule has 6 bridgehead atoms. The monoisotopic (exact) mass is 996 g/mol. The number of urea groups is 1. The standard InChI is InChI=1S/C46H61IN8O7S/c1-9-54-36-15-14-29-22-31(36)33(40(54)30-12-10-16-48-38(30)28(4)60-8)24-46(5,6)26-62-44(58)34-13-11-17-55(51-34)43(57)32(23-37-49-35(29)25-63-37)41(47)50-42(56)39(27(2)3)52(7)45(59)53-18-20-61-21-19-53/h10,12,14-16,22,25,27-28,32,34,39,41,51H,9,11,13,17-21,23-24,26H2,1-8H3,(H,50,56)/t28-,32+,34-,39-,41+/m0/s1. The lowest BCUT2D eigenvalue weighted by Gasteiger charge is -2.38. The zero-order chi connectivity index (χ0) is 45.2. The van der Waals surface area contributed by atoms with Gasteiger partial charge in [-0.3, -0.25) is 24.4 Å². The van der Waals surface area contributed by atoms with Gasteiger partial charge in [-0.15, -0.1) is 11.3 Å². The first-order valence-electron chi connectivity index (χ1n) is 22.0. The topological polar surface area (TPSA) is 160 Å². The molecule has 3 aromatic heterocycles. The molecule has 2 saturated heterocycles. The number of thiazole rings is 1. The van der Waals surface area contributed by atoms with Gasteiger partial charge in [-0.05, 0) is 68.9 Å². The van der Waals surface area contributed by atoms with Crippen molar-refractivity contribution in [3.63, 3.8) is 0 Å². The van der Waals surface area contributed by atoms with E-state index in [9.17, 15) is 19.2 Å². The van der Waals surface area contributed by atoms with Crippen LogP contribution in [0, 0.1) is 17.3 Å². The van der Waals surface area contributed by atoms with E-state index < -0.39 is 33.4 Å². The first kappa shape index (κ1) is 46.8. The van der Waals surface area contributed by atoms with Crippen LogP contribution in [0.25, 0.3) is 33.4 Å². The lowest BCUT2D eigenvalue weighted by molar-refractivity contribution is -0.155. The smallest absolute Gasteiger partial charge is 0.324 e. The zero-order valence-corrected chi connectivity index (χ0v) is 40.6. The molecule has 17 heteroatoms. The number of methoxy groups -OCH3 is 1. The van der Waals surface area contributed by atoms with Gasteiger partial charge in [-0.25, -0.2) is 15.2 Å². The number of nitrogens with zero attached hydrogens (tertiary/aromatic N) is 6. The molecule has 340 valence electrons. The third kappa shape index (κ3) is 10.1. The second-order valence-corrected chi connectivity index (χ2v) is 20.2. The second-order valence-electron chi connectivity index (χ2n) is 17.9. The van der Waals surface area contributed by atoms with Gasteiger partial charge in [0.2, 0.25) is 11.8 Å². The SMILES string of the molecule is CCn1c(-c2cccnc2[C@H](C)OC)c2c3cc(ccc31)-c1csc(n1)C[C@H]([C@H](I)NC(=O)[C@H](C(C)C)N(C)C(=O)N1CCOCC1)C(=O)N1CCC[C@H](N1)C(=O)OCC(C)(C)C2. The van der Waals surface area contributed by atoms with Crippen LogP contribution in [0.2, 0.25) is 0 Å². The van der Waals surface area contributed by atoms with E-state index in [1.54, 1.807) is 25.3 Å². The van der Waals surface area contributed by atoms with Gasteiger partial charge in [-0.1, -0.05) is 56.4 Å². The number of alkyl halides is 1. The largest absolute Gasteiger partial charge is 0.464 e. The third-order valence-corrected chi connectivity index (χ3v) is 14.5. The summed E-state index contributed by atoms with van der Waals surface area (Å²) in [6.45, 7) is 15.2. The number of carbonyl (C=O) groups is 4. The second kappa shape index (κ2) is 19.9. The maximum atomic E-state index is 14.7. The number of fused-ring (bicyclic) bond motifs is 6. The van der Waals surface area contributed by atoms with E-state index in [0.29, 0.717) is 58.7 Å². The van der Waals surface area contributed by atoms with Crippen LogP contribution >= 0.6 is 33.9 Å². The number of halogens is 1. The fraction of sp³-hybridized carbons (Fsp3) is 0.565. The van der Waals surface area contributed by atoms with Crippen molar-refractivity contribution in [3.8, 4) is 22.5 Å². The Labute approximate surface area is 387 Å². The molecular weight excluding hydrogens is 936 g/mol. The summed E-state index contributed by atoms with van der Waals surface area (Å²) in [5, 5.41) is 8.47. The molecule has 4 aromatic rings. The Morgan fingerprint density at radius 2 is 1.90 bits per heavy atom. The molecule has 0 spiro atoms. The summed E-state index contributed by atoms with van der Waals surface area (Å²) in [6.07, 6.45) is 3.48. The van der Waals surface area contributed by atoms with Crippen LogP contribution in [-0.2, 0) is 48.0 Å². The molecule has 15 nitrogen and oxygen atoms in total. The summed E-state index contributed by atoms with van der Waals surface area (Å²) in [5.41, 5.74) is 9.52. The molecule has 4 amide bonds. The molecule has 3 aliphatic heterocycles. The number of morpholine rings is 1. The molecule has 63 heavy (non-hydrogen) atoms. The number of aryl methyl sites for hydroxylation is 1. The molecule has 0 radical (unpaired) electrons. The van der Waals surface area contributed by atoms with Crippen LogP contribution in [0.15, 0.2) is 41.9 Å². The fourth-order valence-corrected chi connectivity index (χ4v) is 10.8. The van der Waals surface area contributed by atoms with Gasteiger partial charge in [-0.2, -0.15) is 0 Å².